The summed E-state index contributed by atoms with van der Waals surface area (Å²) in [6.45, 7) is 8.05. The normalized spacial score (nSPS) is 19.6. The predicted octanol–water partition coefficient (Wildman–Crippen LogP) is 2.57. The number of piperidine rings is 1. The van der Waals surface area contributed by atoms with Crippen LogP contribution >= 0.6 is 0 Å². The number of nitrogens with one attached hydrogen (secondary N) is 1. The Hall–Kier alpha value is -1.16. The van der Waals surface area contributed by atoms with Gasteiger partial charge in [-0.2, -0.15) is 0 Å². The number of aromatic nitrogens is 2. The number of fused-ring (bicyclic) bond motifs is 1. The number of aryl methyl sites for hydroxylation is 1. The maximum Gasteiger partial charge on any atom is 0.135 e. The Morgan fingerprint density at radius 2 is 1.95 bits per heavy atom. The van der Waals surface area contributed by atoms with Gasteiger partial charge in [-0.3, -0.25) is 0 Å². The van der Waals surface area contributed by atoms with E-state index in [0.717, 1.165) is 25.3 Å². The van der Waals surface area contributed by atoms with Crippen molar-refractivity contribution >= 4 is 5.82 Å². The average Bonchev–Trinajstić information content (AvgIpc) is 2.53. The van der Waals surface area contributed by atoms with Crippen molar-refractivity contribution in [3.8, 4) is 0 Å². The number of anilines is 1. The lowest BCUT2D eigenvalue weighted by atomic mass is 9.94. The first-order valence-corrected chi connectivity index (χ1v) is 8.56. The van der Waals surface area contributed by atoms with Crippen molar-refractivity contribution < 1.29 is 0 Å². The summed E-state index contributed by atoms with van der Waals surface area (Å²) in [6.07, 6.45) is 9.20. The number of hydrogen-bond acceptors (Lipinski definition) is 4. The standard InChI is InChI=1S/C17H28N4/c1-13(2)21(11-14-7-9-18-10-8-14)17-15-5-3-4-6-16(15)19-12-20-17/h12-14,18H,3-11H2,1-2H3. The maximum atomic E-state index is 4.68. The molecule has 0 bridgehead atoms. The average molecular weight is 288 g/mol. The molecular weight excluding hydrogens is 260 g/mol. The van der Waals surface area contributed by atoms with E-state index in [-0.39, 0.29) is 0 Å². The molecule has 1 aromatic heterocycles. The molecule has 4 nitrogen and oxygen atoms in total. The van der Waals surface area contributed by atoms with E-state index in [1.54, 1.807) is 6.33 Å². The first-order chi connectivity index (χ1) is 10.3. The van der Waals surface area contributed by atoms with Crippen LogP contribution in [0.5, 0.6) is 0 Å². The molecule has 0 aromatic carbocycles. The molecule has 4 heteroatoms. The Morgan fingerprint density at radius 3 is 2.71 bits per heavy atom. The molecule has 0 unspecified atom stereocenters. The minimum absolute atomic E-state index is 0.501. The molecule has 21 heavy (non-hydrogen) atoms. The molecular formula is C17H28N4. The lowest BCUT2D eigenvalue weighted by Gasteiger charge is -2.35. The molecule has 0 atom stereocenters. The Bertz CT molecular complexity index is 466. The van der Waals surface area contributed by atoms with Gasteiger partial charge < -0.3 is 10.2 Å². The summed E-state index contributed by atoms with van der Waals surface area (Å²) in [5.74, 6) is 2.01. The van der Waals surface area contributed by atoms with Gasteiger partial charge in [0.25, 0.3) is 0 Å². The summed E-state index contributed by atoms with van der Waals surface area (Å²) >= 11 is 0. The van der Waals surface area contributed by atoms with E-state index in [2.05, 4.69) is 34.0 Å². The molecule has 2 aliphatic rings. The molecule has 116 valence electrons. The zero-order chi connectivity index (χ0) is 14.7. The van der Waals surface area contributed by atoms with Gasteiger partial charge in [0.15, 0.2) is 0 Å². The molecule has 2 heterocycles. The van der Waals surface area contributed by atoms with Crippen LogP contribution in [0.2, 0.25) is 0 Å². The van der Waals surface area contributed by atoms with Crippen LogP contribution in [0.15, 0.2) is 6.33 Å². The summed E-state index contributed by atoms with van der Waals surface area (Å²) < 4.78 is 0. The van der Waals surface area contributed by atoms with E-state index >= 15 is 0 Å². The molecule has 0 saturated carbocycles. The quantitative estimate of drug-likeness (QED) is 0.924. The number of nitrogens with zero attached hydrogens (tertiary/aromatic N) is 3. The number of hydrogen-bond donors (Lipinski definition) is 1. The second-order valence-electron chi connectivity index (χ2n) is 6.77. The zero-order valence-corrected chi connectivity index (χ0v) is 13.4. The van der Waals surface area contributed by atoms with Crippen LogP contribution in [-0.4, -0.2) is 35.6 Å². The molecule has 0 amide bonds. The van der Waals surface area contributed by atoms with Crippen molar-refractivity contribution in [3.05, 3.63) is 17.6 Å². The molecule has 1 saturated heterocycles. The third-order valence-electron chi connectivity index (χ3n) is 4.91. The lowest BCUT2D eigenvalue weighted by molar-refractivity contribution is 0.366. The first kappa shape index (κ1) is 14.8. The van der Waals surface area contributed by atoms with Gasteiger partial charge in [-0.15, -0.1) is 0 Å². The summed E-state index contributed by atoms with van der Waals surface area (Å²) in [5, 5.41) is 3.46. The fraction of sp³-hybridized carbons (Fsp3) is 0.765. The van der Waals surface area contributed by atoms with Crippen molar-refractivity contribution in [1.29, 1.82) is 0 Å². The molecule has 0 spiro atoms. The third kappa shape index (κ3) is 3.37. The summed E-state index contributed by atoms with van der Waals surface area (Å²) in [5.41, 5.74) is 2.72. The van der Waals surface area contributed by atoms with Crippen molar-refractivity contribution in [1.82, 2.24) is 15.3 Å². The topological polar surface area (TPSA) is 41.0 Å². The Labute approximate surface area is 128 Å². The van der Waals surface area contributed by atoms with Gasteiger partial charge in [0, 0.05) is 23.8 Å². The minimum Gasteiger partial charge on any atom is -0.354 e. The molecule has 1 fully saturated rings. The highest BCUT2D eigenvalue weighted by Crippen LogP contribution is 2.29. The molecule has 1 aromatic rings. The van der Waals surface area contributed by atoms with E-state index in [4.69, 9.17) is 0 Å². The Balaban J connectivity index is 1.83. The molecule has 1 N–H and O–H groups in total. The maximum absolute atomic E-state index is 4.68. The SMILES string of the molecule is CC(C)N(CC1CCNCC1)c1ncnc2c1CCCC2. The van der Waals surface area contributed by atoms with Crippen LogP contribution in [0.25, 0.3) is 0 Å². The first-order valence-electron chi connectivity index (χ1n) is 8.56. The molecule has 0 radical (unpaired) electrons. The lowest BCUT2D eigenvalue weighted by Crippen LogP contribution is -2.40. The van der Waals surface area contributed by atoms with E-state index in [1.807, 2.05) is 0 Å². The van der Waals surface area contributed by atoms with Crippen LogP contribution in [-0.2, 0) is 12.8 Å². The second kappa shape index (κ2) is 6.73. The van der Waals surface area contributed by atoms with Gasteiger partial charge in [0.2, 0.25) is 0 Å². The minimum atomic E-state index is 0.501. The molecule has 1 aliphatic heterocycles. The van der Waals surface area contributed by atoms with Gasteiger partial charge >= 0.3 is 0 Å². The summed E-state index contributed by atoms with van der Waals surface area (Å²) in [7, 11) is 0. The Morgan fingerprint density at radius 1 is 1.19 bits per heavy atom. The molecule has 1 aliphatic carbocycles. The van der Waals surface area contributed by atoms with Gasteiger partial charge in [0.05, 0.1) is 0 Å². The van der Waals surface area contributed by atoms with Gasteiger partial charge in [-0.05, 0) is 71.4 Å². The smallest absolute Gasteiger partial charge is 0.135 e. The third-order valence-corrected chi connectivity index (χ3v) is 4.91. The van der Waals surface area contributed by atoms with Gasteiger partial charge in [-0.25, -0.2) is 9.97 Å². The van der Waals surface area contributed by atoms with Gasteiger partial charge in [-0.1, -0.05) is 0 Å². The van der Waals surface area contributed by atoms with Crippen molar-refractivity contribution in [2.45, 2.75) is 58.4 Å². The zero-order valence-electron chi connectivity index (χ0n) is 13.4. The second-order valence-corrected chi connectivity index (χ2v) is 6.77. The van der Waals surface area contributed by atoms with Crippen LogP contribution in [0.3, 0.4) is 0 Å². The van der Waals surface area contributed by atoms with E-state index in [1.165, 1.54) is 55.8 Å². The van der Waals surface area contributed by atoms with Crippen LogP contribution < -0.4 is 10.2 Å². The number of rotatable bonds is 4. The van der Waals surface area contributed by atoms with Crippen LogP contribution in [0, 0.1) is 5.92 Å². The van der Waals surface area contributed by atoms with Gasteiger partial charge in [0.1, 0.15) is 12.1 Å². The fourth-order valence-corrected chi connectivity index (χ4v) is 3.64. The van der Waals surface area contributed by atoms with Crippen molar-refractivity contribution in [3.63, 3.8) is 0 Å². The highest BCUT2D eigenvalue weighted by atomic mass is 15.2. The van der Waals surface area contributed by atoms with E-state index in [0.29, 0.717) is 6.04 Å². The van der Waals surface area contributed by atoms with Crippen LogP contribution in [0.1, 0.15) is 50.8 Å². The predicted molar refractivity (Wildman–Crippen MR) is 86.7 cm³/mol. The van der Waals surface area contributed by atoms with E-state index < -0.39 is 0 Å². The summed E-state index contributed by atoms with van der Waals surface area (Å²) in [4.78, 5) is 11.7. The van der Waals surface area contributed by atoms with Crippen molar-refractivity contribution in [2.24, 2.45) is 5.92 Å². The Kier molecular flexibility index (Phi) is 4.73. The van der Waals surface area contributed by atoms with Crippen molar-refractivity contribution in [2.75, 3.05) is 24.5 Å². The summed E-state index contributed by atoms with van der Waals surface area (Å²) in [6, 6.07) is 0.501. The highest BCUT2D eigenvalue weighted by Gasteiger charge is 2.24. The fourth-order valence-electron chi connectivity index (χ4n) is 3.64. The van der Waals surface area contributed by atoms with Crippen LogP contribution in [0.4, 0.5) is 5.82 Å². The molecule has 3 rings (SSSR count). The largest absolute Gasteiger partial charge is 0.354 e. The highest BCUT2D eigenvalue weighted by molar-refractivity contribution is 5.50. The van der Waals surface area contributed by atoms with E-state index in [9.17, 15) is 0 Å². The monoisotopic (exact) mass is 288 g/mol.